The maximum atomic E-state index is 13.4. The number of halogens is 1. The fourth-order valence-electron chi connectivity index (χ4n) is 3.94. The normalized spacial score (nSPS) is 15.9. The number of ether oxygens (including phenoxy) is 1. The third-order valence-electron chi connectivity index (χ3n) is 5.85. The van der Waals surface area contributed by atoms with E-state index in [9.17, 15) is 9.18 Å². The van der Waals surface area contributed by atoms with Crippen LogP contribution in [0, 0.1) is 5.82 Å². The lowest BCUT2D eigenvalue weighted by molar-refractivity contribution is 0.0513. The molecule has 1 aliphatic rings. The average Bonchev–Trinajstić information content (AvgIpc) is 2.82. The Kier molecular flexibility index (Phi) is 8.00. The van der Waals surface area contributed by atoms with Crippen LogP contribution in [-0.4, -0.2) is 52.3 Å². The standard InChI is InChI=1S/C24H31FN4O2/c1-26-22(30)19-5-3-4-18(16-19)10-13-28-23(27-2)29-17-24(11-14-31-15-12-24)20-6-8-21(25)9-7-20/h3-9,16H,10-15,17H2,1-2H3,(H,26,30)(H2,27,28,29). The first-order chi connectivity index (χ1) is 15.1. The van der Waals surface area contributed by atoms with Crippen LogP contribution in [0.3, 0.4) is 0 Å². The summed E-state index contributed by atoms with van der Waals surface area (Å²) in [5, 5.41) is 9.44. The summed E-state index contributed by atoms with van der Waals surface area (Å²) in [6, 6.07) is 14.4. The van der Waals surface area contributed by atoms with E-state index in [0.29, 0.717) is 31.9 Å². The zero-order valence-electron chi connectivity index (χ0n) is 18.2. The van der Waals surface area contributed by atoms with Crippen molar-refractivity contribution in [2.75, 3.05) is 40.4 Å². The number of nitrogens with one attached hydrogen (secondary N) is 3. The van der Waals surface area contributed by atoms with Crippen molar-refractivity contribution in [2.24, 2.45) is 4.99 Å². The maximum Gasteiger partial charge on any atom is 0.251 e. The van der Waals surface area contributed by atoms with Crippen molar-refractivity contribution in [1.82, 2.24) is 16.0 Å². The van der Waals surface area contributed by atoms with Crippen molar-refractivity contribution >= 4 is 11.9 Å². The van der Waals surface area contributed by atoms with Gasteiger partial charge in [-0.1, -0.05) is 24.3 Å². The Labute approximate surface area is 183 Å². The molecular weight excluding hydrogens is 395 g/mol. The highest BCUT2D eigenvalue weighted by atomic mass is 19.1. The first-order valence-corrected chi connectivity index (χ1v) is 10.7. The van der Waals surface area contributed by atoms with Gasteiger partial charge in [0.15, 0.2) is 5.96 Å². The number of hydrogen-bond donors (Lipinski definition) is 3. The first kappa shape index (κ1) is 22.7. The molecule has 0 aliphatic carbocycles. The van der Waals surface area contributed by atoms with Gasteiger partial charge >= 0.3 is 0 Å². The van der Waals surface area contributed by atoms with E-state index in [1.807, 2.05) is 30.3 Å². The van der Waals surface area contributed by atoms with Gasteiger partial charge in [-0.2, -0.15) is 0 Å². The molecule has 6 nitrogen and oxygen atoms in total. The summed E-state index contributed by atoms with van der Waals surface area (Å²) in [5.74, 6) is 0.405. The molecule has 7 heteroatoms. The minimum atomic E-state index is -0.225. The van der Waals surface area contributed by atoms with Crippen LogP contribution in [0.4, 0.5) is 4.39 Å². The van der Waals surface area contributed by atoms with E-state index in [2.05, 4.69) is 20.9 Å². The van der Waals surface area contributed by atoms with Crippen LogP contribution < -0.4 is 16.0 Å². The summed E-state index contributed by atoms with van der Waals surface area (Å²) in [4.78, 5) is 16.2. The van der Waals surface area contributed by atoms with Crippen molar-refractivity contribution in [2.45, 2.75) is 24.7 Å². The molecule has 3 rings (SSSR count). The van der Waals surface area contributed by atoms with Crippen LogP contribution in [0.25, 0.3) is 0 Å². The van der Waals surface area contributed by atoms with Crippen molar-refractivity contribution in [3.63, 3.8) is 0 Å². The van der Waals surface area contributed by atoms with Crippen LogP contribution >= 0.6 is 0 Å². The van der Waals surface area contributed by atoms with Crippen LogP contribution in [0.5, 0.6) is 0 Å². The molecule has 166 valence electrons. The number of nitrogens with zero attached hydrogens (tertiary/aromatic N) is 1. The van der Waals surface area contributed by atoms with Crippen molar-refractivity contribution in [3.8, 4) is 0 Å². The lowest BCUT2D eigenvalue weighted by Gasteiger charge is -2.38. The van der Waals surface area contributed by atoms with Gasteiger partial charge in [0.2, 0.25) is 0 Å². The number of rotatable bonds is 7. The van der Waals surface area contributed by atoms with Gasteiger partial charge in [-0.15, -0.1) is 0 Å². The summed E-state index contributed by atoms with van der Waals surface area (Å²) in [6.07, 6.45) is 2.51. The van der Waals surface area contributed by atoms with Gasteiger partial charge in [0, 0.05) is 51.4 Å². The lowest BCUT2D eigenvalue weighted by atomic mass is 9.74. The highest BCUT2D eigenvalue weighted by Crippen LogP contribution is 2.34. The number of carbonyl (C=O) groups excluding carboxylic acids is 1. The molecule has 3 N–H and O–H groups in total. The largest absolute Gasteiger partial charge is 0.381 e. The number of carbonyl (C=O) groups is 1. The zero-order valence-corrected chi connectivity index (χ0v) is 18.2. The van der Waals surface area contributed by atoms with Gasteiger partial charge < -0.3 is 20.7 Å². The fraction of sp³-hybridized carbons (Fsp3) is 0.417. The lowest BCUT2D eigenvalue weighted by Crippen LogP contribution is -2.48. The Hall–Kier alpha value is -2.93. The number of aliphatic imine (C=N–C) groups is 1. The van der Waals surface area contributed by atoms with Crippen LogP contribution in [0.1, 0.15) is 34.3 Å². The number of guanidine groups is 1. The van der Waals surface area contributed by atoms with Crippen molar-refractivity contribution in [3.05, 3.63) is 71.0 Å². The predicted molar refractivity (Wildman–Crippen MR) is 121 cm³/mol. The molecule has 1 heterocycles. The van der Waals surface area contributed by atoms with Crippen LogP contribution in [0.15, 0.2) is 53.5 Å². The molecule has 0 radical (unpaired) electrons. The van der Waals surface area contributed by atoms with E-state index in [0.717, 1.165) is 36.3 Å². The smallest absolute Gasteiger partial charge is 0.251 e. The predicted octanol–water partition coefficient (Wildman–Crippen LogP) is 2.64. The van der Waals surface area contributed by atoms with Crippen molar-refractivity contribution in [1.29, 1.82) is 0 Å². The van der Waals surface area contributed by atoms with Gasteiger partial charge in [0.25, 0.3) is 5.91 Å². The highest BCUT2D eigenvalue weighted by Gasteiger charge is 2.34. The molecule has 2 aromatic carbocycles. The summed E-state index contributed by atoms with van der Waals surface area (Å²) in [7, 11) is 3.37. The quantitative estimate of drug-likeness (QED) is 0.470. The maximum absolute atomic E-state index is 13.4. The van der Waals surface area contributed by atoms with E-state index in [1.165, 1.54) is 12.1 Å². The molecule has 1 amide bonds. The number of amides is 1. The summed E-state index contributed by atoms with van der Waals surface area (Å²) >= 11 is 0. The van der Waals surface area contributed by atoms with Gasteiger partial charge in [0.1, 0.15) is 5.82 Å². The molecule has 1 saturated heterocycles. The molecule has 1 fully saturated rings. The Morgan fingerprint density at radius 3 is 2.55 bits per heavy atom. The van der Waals surface area contributed by atoms with Crippen LogP contribution in [-0.2, 0) is 16.6 Å². The van der Waals surface area contributed by atoms with E-state index >= 15 is 0 Å². The molecule has 0 unspecified atom stereocenters. The number of hydrogen-bond acceptors (Lipinski definition) is 3. The van der Waals surface area contributed by atoms with E-state index < -0.39 is 0 Å². The number of benzene rings is 2. The third-order valence-corrected chi connectivity index (χ3v) is 5.85. The SMILES string of the molecule is CN=C(NCCc1cccc(C(=O)NC)c1)NCC1(c2ccc(F)cc2)CCOCC1. The summed E-state index contributed by atoms with van der Waals surface area (Å²) in [6.45, 7) is 2.75. The monoisotopic (exact) mass is 426 g/mol. The second-order valence-electron chi connectivity index (χ2n) is 7.78. The molecule has 2 aromatic rings. The molecule has 0 spiro atoms. The minimum Gasteiger partial charge on any atom is -0.381 e. The van der Waals surface area contributed by atoms with Crippen LogP contribution in [0.2, 0.25) is 0 Å². The molecule has 0 aromatic heterocycles. The average molecular weight is 427 g/mol. The summed E-state index contributed by atoms with van der Waals surface area (Å²) in [5.41, 5.74) is 2.73. The molecule has 0 bridgehead atoms. The Morgan fingerprint density at radius 1 is 1.13 bits per heavy atom. The first-order valence-electron chi connectivity index (χ1n) is 10.7. The van der Waals surface area contributed by atoms with E-state index in [1.54, 1.807) is 20.2 Å². The van der Waals surface area contributed by atoms with E-state index in [4.69, 9.17) is 4.74 Å². The fourth-order valence-corrected chi connectivity index (χ4v) is 3.94. The molecule has 31 heavy (non-hydrogen) atoms. The van der Waals surface area contributed by atoms with Crippen molar-refractivity contribution < 1.29 is 13.9 Å². The van der Waals surface area contributed by atoms with Gasteiger partial charge in [-0.25, -0.2) is 4.39 Å². The van der Waals surface area contributed by atoms with Gasteiger partial charge in [-0.3, -0.25) is 9.79 Å². The Bertz CT molecular complexity index is 893. The third kappa shape index (κ3) is 6.04. The van der Waals surface area contributed by atoms with E-state index in [-0.39, 0.29) is 17.1 Å². The molecular formula is C24H31FN4O2. The highest BCUT2D eigenvalue weighted by molar-refractivity contribution is 5.94. The Balaban J connectivity index is 1.58. The topological polar surface area (TPSA) is 74.8 Å². The molecule has 0 saturated carbocycles. The Morgan fingerprint density at radius 2 is 1.87 bits per heavy atom. The molecule has 1 aliphatic heterocycles. The van der Waals surface area contributed by atoms with Gasteiger partial charge in [-0.05, 0) is 54.7 Å². The minimum absolute atomic E-state index is 0.0881. The second kappa shape index (κ2) is 10.9. The zero-order chi connectivity index (χ0) is 22.1. The molecule has 0 atom stereocenters. The van der Waals surface area contributed by atoms with Gasteiger partial charge in [0.05, 0.1) is 0 Å². The summed E-state index contributed by atoms with van der Waals surface area (Å²) < 4.78 is 19.0. The second-order valence-corrected chi connectivity index (χ2v) is 7.78.